The second-order valence-electron chi connectivity index (χ2n) is 6.18. The van der Waals surface area contributed by atoms with Gasteiger partial charge in [0, 0.05) is 6.42 Å². The molecule has 1 aromatic carbocycles. The topological polar surface area (TPSA) is 50.4 Å². The fourth-order valence-corrected chi connectivity index (χ4v) is 1.93. The normalized spacial score (nSPS) is 11.2. The fourth-order valence-electron chi connectivity index (χ4n) is 1.93. The van der Waals surface area contributed by atoms with Gasteiger partial charge in [-0.2, -0.15) is 0 Å². The van der Waals surface area contributed by atoms with Crippen molar-refractivity contribution >= 4 is 5.91 Å². The second kappa shape index (κ2) is 8.67. The summed E-state index contributed by atoms with van der Waals surface area (Å²) in [4.78, 5) is 11.5. The first-order chi connectivity index (χ1) is 9.93. The van der Waals surface area contributed by atoms with Crippen LogP contribution in [0.2, 0.25) is 0 Å². The molecule has 0 heterocycles. The van der Waals surface area contributed by atoms with Gasteiger partial charge < -0.3 is 15.4 Å². The van der Waals surface area contributed by atoms with Crippen LogP contribution < -0.4 is 15.4 Å². The highest BCUT2D eigenvalue weighted by Gasteiger charge is 2.13. The lowest BCUT2D eigenvalue weighted by Gasteiger charge is -2.19. The number of carbonyl (C=O) groups excluding carboxylic acids is 1. The van der Waals surface area contributed by atoms with Gasteiger partial charge in [0.1, 0.15) is 12.4 Å². The highest BCUT2D eigenvalue weighted by molar-refractivity contribution is 5.75. The molecule has 0 aliphatic rings. The van der Waals surface area contributed by atoms with Crippen LogP contribution in [0.4, 0.5) is 0 Å². The summed E-state index contributed by atoms with van der Waals surface area (Å²) >= 11 is 0. The van der Waals surface area contributed by atoms with Crippen LogP contribution in [0.25, 0.3) is 0 Å². The van der Waals surface area contributed by atoms with Gasteiger partial charge in [0.15, 0.2) is 0 Å². The van der Waals surface area contributed by atoms with Crippen LogP contribution in [0.3, 0.4) is 0 Å². The second-order valence-corrected chi connectivity index (χ2v) is 6.18. The maximum atomic E-state index is 11.5. The Kier molecular flexibility index (Phi) is 7.23. The molecule has 4 heteroatoms. The number of hydrogen-bond acceptors (Lipinski definition) is 3. The van der Waals surface area contributed by atoms with E-state index in [2.05, 4.69) is 43.5 Å². The summed E-state index contributed by atoms with van der Waals surface area (Å²) in [5, 5.41) is 5.89. The molecule has 0 aliphatic carbocycles. The van der Waals surface area contributed by atoms with Crippen molar-refractivity contribution in [1.29, 1.82) is 0 Å². The first-order valence-electron chi connectivity index (χ1n) is 7.58. The van der Waals surface area contributed by atoms with Gasteiger partial charge >= 0.3 is 0 Å². The summed E-state index contributed by atoms with van der Waals surface area (Å²) in [5.74, 6) is 0.934. The van der Waals surface area contributed by atoms with E-state index in [1.54, 1.807) is 0 Å². The van der Waals surface area contributed by atoms with Gasteiger partial charge in [-0.1, -0.05) is 32.9 Å². The van der Waals surface area contributed by atoms with E-state index in [1.807, 2.05) is 19.2 Å². The van der Waals surface area contributed by atoms with Crippen LogP contribution in [-0.2, 0) is 10.2 Å². The van der Waals surface area contributed by atoms with E-state index < -0.39 is 0 Å². The summed E-state index contributed by atoms with van der Waals surface area (Å²) in [6.07, 6.45) is 1.41. The monoisotopic (exact) mass is 292 g/mol. The zero-order chi connectivity index (χ0) is 15.7. The van der Waals surface area contributed by atoms with E-state index >= 15 is 0 Å². The predicted octanol–water partition coefficient (Wildman–Crippen LogP) is 2.48. The third-order valence-corrected chi connectivity index (χ3v) is 3.22. The van der Waals surface area contributed by atoms with Gasteiger partial charge in [-0.25, -0.2) is 0 Å². The van der Waals surface area contributed by atoms with Gasteiger partial charge in [-0.05, 0) is 43.1 Å². The van der Waals surface area contributed by atoms with Crippen LogP contribution in [0.5, 0.6) is 5.75 Å². The molecule has 4 nitrogen and oxygen atoms in total. The maximum Gasteiger partial charge on any atom is 0.220 e. The Labute approximate surface area is 128 Å². The number of amides is 1. The minimum Gasteiger partial charge on any atom is -0.492 e. The molecule has 0 fully saturated rings. The molecular weight excluding hydrogens is 264 g/mol. The van der Waals surface area contributed by atoms with E-state index in [9.17, 15) is 4.79 Å². The van der Waals surface area contributed by atoms with E-state index in [1.165, 1.54) is 5.56 Å². The summed E-state index contributed by atoms with van der Waals surface area (Å²) < 4.78 is 5.69. The fraction of sp³-hybridized carbons (Fsp3) is 0.588. The zero-order valence-corrected chi connectivity index (χ0v) is 13.7. The predicted molar refractivity (Wildman–Crippen MR) is 86.8 cm³/mol. The van der Waals surface area contributed by atoms with Gasteiger partial charge in [0.05, 0.1) is 6.54 Å². The first kappa shape index (κ1) is 17.5. The van der Waals surface area contributed by atoms with E-state index in [0.29, 0.717) is 19.6 Å². The maximum absolute atomic E-state index is 11.5. The minimum absolute atomic E-state index is 0.0808. The lowest BCUT2D eigenvalue weighted by Crippen LogP contribution is -2.28. The third-order valence-electron chi connectivity index (χ3n) is 3.22. The molecule has 1 amide bonds. The summed E-state index contributed by atoms with van der Waals surface area (Å²) in [7, 11) is 1.89. The number of ether oxygens (including phenoxy) is 1. The van der Waals surface area contributed by atoms with Crippen molar-refractivity contribution in [2.45, 2.75) is 39.0 Å². The van der Waals surface area contributed by atoms with Gasteiger partial charge in [-0.15, -0.1) is 0 Å². The lowest BCUT2D eigenvalue weighted by molar-refractivity contribution is -0.121. The van der Waals surface area contributed by atoms with Crippen molar-refractivity contribution in [3.8, 4) is 5.75 Å². The van der Waals surface area contributed by atoms with E-state index in [4.69, 9.17) is 4.74 Å². The van der Waals surface area contributed by atoms with Gasteiger partial charge in [0.25, 0.3) is 0 Å². The Hall–Kier alpha value is -1.55. The molecule has 0 saturated carbocycles. The smallest absolute Gasteiger partial charge is 0.220 e. The van der Waals surface area contributed by atoms with Crippen LogP contribution in [0.15, 0.2) is 24.3 Å². The van der Waals surface area contributed by atoms with Crippen LogP contribution in [0, 0.1) is 0 Å². The van der Waals surface area contributed by atoms with Gasteiger partial charge in [0.2, 0.25) is 5.91 Å². The average molecular weight is 292 g/mol. The van der Waals surface area contributed by atoms with Crippen LogP contribution >= 0.6 is 0 Å². The molecule has 0 spiro atoms. The molecule has 118 valence electrons. The van der Waals surface area contributed by atoms with Crippen molar-refractivity contribution in [3.05, 3.63) is 29.8 Å². The molecule has 2 N–H and O–H groups in total. The largest absolute Gasteiger partial charge is 0.492 e. The van der Waals surface area contributed by atoms with Crippen molar-refractivity contribution in [2.75, 3.05) is 26.7 Å². The van der Waals surface area contributed by atoms with Crippen molar-refractivity contribution in [3.63, 3.8) is 0 Å². The molecule has 0 saturated heterocycles. The molecule has 0 aromatic heterocycles. The Morgan fingerprint density at radius 2 is 2.00 bits per heavy atom. The number of rotatable bonds is 8. The number of benzene rings is 1. The Morgan fingerprint density at radius 1 is 1.24 bits per heavy atom. The number of hydrogen-bond donors (Lipinski definition) is 2. The van der Waals surface area contributed by atoms with Crippen molar-refractivity contribution < 1.29 is 9.53 Å². The molecular formula is C17H28N2O2. The summed E-state index contributed by atoms with van der Waals surface area (Å²) in [5.41, 5.74) is 1.36. The molecule has 21 heavy (non-hydrogen) atoms. The molecule has 1 rings (SSSR count). The SMILES string of the molecule is CNCCCC(=O)NCCOc1cccc(C(C)(C)C)c1. The summed E-state index contributed by atoms with van der Waals surface area (Å²) in [6, 6.07) is 8.13. The molecule has 0 unspecified atom stereocenters. The molecule has 0 bridgehead atoms. The van der Waals surface area contributed by atoms with Crippen molar-refractivity contribution in [2.24, 2.45) is 0 Å². The standard InChI is InChI=1S/C17H28N2O2/c1-17(2,3)14-7-5-8-15(13-14)21-12-11-19-16(20)9-6-10-18-4/h5,7-8,13,18H,6,9-12H2,1-4H3,(H,19,20). The number of nitrogens with one attached hydrogen (secondary N) is 2. The number of carbonyl (C=O) groups is 1. The van der Waals surface area contributed by atoms with Crippen molar-refractivity contribution in [1.82, 2.24) is 10.6 Å². The van der Waals surface area contributed by atoms with Crippen LogP contribution in [-0.4, -0.2) is 32.7 Å². The first-order valence-corrected chi connectivity index (χ1v) is 7.58. The molecule has 0 aliphatic heterocycles. The zero-order valence-electron chi connectivity index (χ0n) is 13.7. The minimum atomic E-state index is 0.0808. The molecule has 0 atom stereocenters. The Bertz CT molecular complexity index is 439. The van der Waals surface area contributed by atoms with E-state index in [-0.39, 0.29) is 11.3 Å². The van der Waals surface area contributed by atoms with Crippen LogP contribution in [0.1, 0.15) is 39.2 Å². The molecule has 1 aromatic rings. The highest BCUT2D eigenvalue weighted by atomic mass is 16.5. The highest BCUT2D eigenvalue weighted by Crippen LogP contribution is 2.25. The Morgan fingerprint density at radius 3 is 2.67 bits per heavy atom. The Balaban J connectivity index is 2.28. The molecule has 0 radical (unpaired) electrons. The summed E-state index contributed by atoms with van der Waals surface area (Å²) in [6.45, 7) is 8.43. The quantitative estimate of drug-likeness (QED) is 0.724. The lowest BCUT2D eigenvalue weighted by atomic mass is 9.87. The van der Waals surface area contributed by atoms with Gasteiger partial charge in [-0.3, -0.25) is 4.79 Å². The third kappa shape index (κ3) is 7.14. The average Bonchev–Trinajstić information content (AvgIpc) is 2.43. The van der Waals surface area contributed by atoms with E-state index in [0.717, 1.165) is 18.7 Å².